The standard InChI is InChI=1S/C12H16ClNO4/c1-16-8-6-7(4-5-9(15)17-2)11(14)10(13)12(8)18-3/h6H,4-5,14H2,1-3H3. The quantitative estimate of drug-likeness (QED) is 0.657. The molecule has 1 aromatic rings. The Bertz CT molecular complexity index is 448. The van der Waals surface area contributed by atoms with Gasteiger partial charge in [0.25, 0.3) is 0 Å². The van der Waals surface area contributed by atoms with Crippen LogP contribution in [0.15, 0.2) is 6.07 Å². The molecule has 6 heteroatoms. The predicted octanol–water partition coefficient (Wildman–Crippen LogP) is 2.04. The number of nitrogen functional groups attached to an aromatic ring is 1. The summed E-state index contributed by atoms with van der Waals surface area (Å²) in [5, 5.41) is 0.289. The summed E-state index contributed by atoms with van der Waals surface area (Å²) in [5.41, 5.74) is 7.00. The van der Waals surface area contributed by atoms with Gasteiger partial charge in [0, 0.05) is 6.42 Å². The van der Waals surface area contributed by atoms with Crippen LogP contribution in [0, 0.1) is 0 Å². The number of carbonyl (C=O) groups is 1. The van der Waals surface area contributed by atoms with Crippen LogP contribution in [0.25, 0.3) is 0 Å². The third-order valence-electron chi connectivity index (χ3n) is 2.56. The number of nitrogens with two attached hydrogens (primary N) is 1. The van der Waals surface area contributed by atoms with E-state index in [-0.39, 0.29) is 17.4 Å². The van der Waals surface area contributed by atoms with Crippen molar-refractivity contribution >= 4 is 23.3 Å². The van der Waals surface area contributed by atoms with Crippen molar-refractivity contribution in [1.82, 2.24) is 0 Å². The lowest BCUT2D eigenvalue weighted by Gasteiger charge is -2.14. The summed E-state index contributed by atoms with van der Waals surface area (Å²) in [7, 11) is 4.33. The van der Waals surface area contributed by atoms with E-state index >= 15 is 0 Å². The molecule has 18 heavy (non-hydrogen) atoms. The second-order valence-electron chi connectivity index (χ2n) is 3.57. The number of esters is 1. The molecule has 0 saturated carbocycles. The van der Waals surface area contributed by atoms with Crippen LogP contribution in [-0.4, -0.2) is 27.3 Å². The molecular weight excluding hydrogens is 258 g/mol. The minimum atomic E-state index is -0.305. The van der Waals surface area contributed by atoms with Gasteiger partial charge in [0.1, 0.15) is 5.02 Å². The molecule has 0 aliphatic carbocycles. The maximum atomic E-state index is 11.1. The minimum Gasteiger partial charge on any atom is -0.493 e. The van der Waals surface area contributed by atoms with E-state index in [1.165, 1.54) is 21.3 Å². The molecule has 0 heterocycles. The number of benzene rings is 1. The highest BCUT2D eigenvalue weighted by molar-refractivity contribution is 6.35. The molecule has 0 saturated heterocycles. The van der Waals surface area contributed by atoms with Crippen LogP contribution in [-0.2, 0) is 16.0 Å². The Morgan fingerprint density at radius 3 is 2.50 bits per heavy atom. The molecule has 0 atom stereocenters. The van der Waals surface area contributed by atoms with Gasteiger partial charge < -0.3 is 19.9 Å². The van der Waals surface area contributed by atoms with Crippen LogP contribution in [0.1, 0.15) is 12.0 Å². The number of hydrogen-bond donors (Lipinski definition) is 1. The molecule has 0 bridgehead atoms. The lowest BCUT2D eigenvalue weighted by atomic mass is 10.1. The Labute approximate surface area is 111 Å². The second-order valence-corrected chi connectivity index (χ2v) is 3.95. The Morgan fingerprint density at radius 2 is 2.00 bits per heavy atom. The summed E-state index contributed by atoms with van der Waals surface area (Å²) in [6, 6.07) is 1.71. The van der Waals surface area contributed by atoms with Crippen molar-refractivity contribution in [3.8, 4) is 11.5 Å². The van der Waals surface area contributed by atoms with Gasteiger partial charge in [-0.15, -0.1) is 0 Å². The van der Waals surface area contributed by atoms with Crippen LogP contribution < -0.4 is 15.2 Å². The largest absolute Gasteiger partial charge is 0.493 e. The highest BCUT2D eigenvalue weighted by atomic mass is 35.5. The van der Waals surface area contributed by atoms with Crippen molar-refractivity contribution in [3.63, 3.8) is 0 Å². The fourth-order valence-electron chi connectivity index (χ4n) is 1.56. The van der Waals surface area contributed by atoms with E-state index in [1.54, 1.807) is 6.07 Å². The summed E-state index contributed by atoms with van der Waals surface area (Å²) >= 11 is 6.09. The van der Waals surface area contributed by atoms with E-state index in [0.717, 1.165) is 5.56 Å². The zero-order chi connectivity index (χ0) is 13.7. The topological polar surface area (TPSA) is 70.8 Å². The Morgan fingerprint density at radius 1 is 1.33 bits per heavy atom. The number of ether oxygens (including phenoxy) is 3. The zero-order valence-corrected chi connectivity index (χ0v) is 11.3. The van der Waals surface area contributed by atoms with Crippen molar-refractivity contribution in [2.24, 2.45) is 0 Å². The third-order valence-corrected chi connectivity index (χ3v) is 2.94. The number of rotatable bonds is 5. The van der Waals surface area contributed by atoms with Crippen LogP contribution >= 0.6 is 11.6 Å². The van der Waals surface area contributed by atoms with Crippen LogP contribution in [0.3, 0.4) is 0 Å². The van der Waals surface area contributed by atoms with Crippen LogP contribution in [0.5, 0.6) is 11.5 Å². The Hall–Kier alpha value is -1.62. The Kier molecular flexibility index (Phi) is 5.09. The van der Waals surface area contributed by atoms with Crippen LogP contribution in [0.4, 0.5) is 5.69 Å². The Balaban J connectivity index is 3.06. The molecule has 0 spiro atoms. The van der Waals surface area contributed by atoms with Crippen molar-refractivity contribution < 1.29 is 19.0 Å². The average molecular weight is 274 g/mol. The monoisotopic (exact) mass is 273 g/mol. The predicted molar refractivity (Wildman–Crippen MR) is 69.3 cm³/mol. The number of carbonyl (C=O) groups excluding carboxylic acids is 1. The number of aryl methyl sites for hydroxylation is 1. The van der Waals surface area contributed by atoms with Crippen molar-refractivity contribution in [3.05, 3.63) is 16.7 Å². The highest BCUT2D eigenvalue weighted by Gasteiger charge is 2.16. The van der Waals surface area contributed by atoms with Gasteiger partial charge >= 0.3 is 5.97 Å². The van der Waals surface area contributed by atoms with Gasteiger partial charge in [-0.1, -0.05) is 11.6 Å². The molecule has 0 fully saturated rings. The number of methoxy groups -OCH3 is 3. The van der Waals surface area contributed by atoms with E-state index in [9.17, 15) is 4.79 Å². The minimum absolute atomic E-state index is 0.229. The number of anilines is 1. The van der Waals surface area contributed by atoms with E-state index in [4.69, 9.17) is 26.8 Å². The summed E-state index contributed by atoms with van der Waals surface area (Å²) in [6.07, 6.45) is 0.658. The molecule has 0 aromatic heterocycles. The molecule has 1 rings (SSSR count). The highest BCUT2D eigenvalue weighted by Crippen LogP contribution is 2.41. The van der Waals surface area contributed by atoms with E-state index in [0.29, 0.717) is 23.6 Å². The molecule has 0 radical (unpaired) electrons. The molecular formula is C12H16ClNO4. The molecule has 0 amide bonds. The van der Waals surface area contributed by atoms with Crippen molar-refractivity contribution in [2.75, 3.05) is 27.1 Å². The normalized spacial score (nSPS) is 10.0. The summed E-state index contributed by atoms with van der Waals surface area (Å²) in [4.78, 5) is 11.1. The number of hydrogen-bond acceptors (Lipinski definition) is 5. The second kappa shape index (κ2) is 6.35. The molecule has 100 valence electrons. The maximum Gasteiger partial charge on any atom is 0.305 e. The summed E-state index contributed by atoms with van der Waals surface area (Å²) < 4.78 is 14.9. The third kappa shape index (κ3) is 2.98. The van der Waals surface area contributed by atoms with Gasteiger partial charge in [0.05, 0.1) is 27.0 Å². The maximum absolute atomic E-state index is 11.1. The van der Waals surface area contributed by atoms with E-state index in [1.807, 2.05) is 0 Å². The zero-order valence-electron chi connectivity index (χ0n) is 10.6. The van der Waals surface area contributed by atoms with Crippen molar-refractivity contribution in [2.45, 2.75) is 12.8 Å². The molecule has 1 aromatic carbocycles. The molecule has 0 unspecified atom stereocenters. The van der Waals surface area contributed by atoms with Gasteiger partial charge in [-0.25, -0.2) is 0 Å². The first-order chi connectivity index (χ1) is 8.54. The molecule has 2 N–H and O–H groups in total. The average Bonchev–Trinajstić information content (AvgIpc) is 2.39. The first-order valence-electron chi connectivity index (χ1n) is 5.30. The first kappa shape index (κ1) is 14.4. The van der Waals surface area contributed by atoms with Gasteiger partial charge in [0.15, 0.2) is 11.5 Å². The van der Waals surface area contributed by atoms with Gasteiger partial charge in [0.2, 0.25) is 0 Å². The lowest BCUT2D eigenvalue weighted by molar-refractivity contribution is -0.140. The van der Waals surface area contributed by atoms with Gasteiger partial charge in [-0.2, -0.15) is 0 Å². The molecule has 0 aliphatic rings. The van der Waals surface area contributed by atoms with Gasteiger partial charge in [-0.3, -0.25) is 4.79 Å². The fraction of sp³-hybridized carbons (Fsp3) is 0.417. The molecule has 0 aliphatic heterocycles. The molecule has 5 nitrogen and oxygen atoms in total. The van der Waals surface area contributed by atoms with E-state index < -0.39 is 0 Å². The number of halogens is 1. The first-order valence-corrected chi connectivity index (χ1v) is 5.68. The smallest absolute Gasteiger partial charge is 0.305 e. The summed E-state index contributed by atoms with van der Waals surface area (Å²) in [6.45, 7) is 0. The van der Waals surface area contributed by atoms with Crippen molar-refractivity contribution in [1.29, 1.82) is 0 Å². The van der Waals surface area contributed by atoms with Crippen LogP contribution in [0.2, 0.25) is 5.02 Å². The van der Waals surface area contributed by atoms with E-state index in [2.05, 4.69) is 4.74 Å². The summed E-state index contributed by atoms with van der Waals surface area (Å²) in [5.74, 6) is 0.565. The SMILES string of the molecule is COC(=O)CCc1cc(OC)c(OC)c(Cl)c1N. The lowest BCUT2D eigenvalue weighted by Crippen LogP contribution is -2.05. The van der Waals surface area contributed by atoms with Gasteiger partial charge in [-0.05, 0) is 18.1 Å². The fourth-order valence-corrected chi connectivity index (χ4v) is 1.85.